The molecule has 0 saturated carbocycles. The Morgan fingerprint density at radius 3 is 1.71 bits per heavy atom. The molecule has 0 aliphatic carbocycles. The number of nitrogens with zero attached hydrogens (tertiary/aromatic N) is 2. The maximum absolute atomic E-state index is 3.49. The van der Waals surface area contributed by atoms with Crippen LogP contribution in [0.3, 0.4) is 0 Å². The Bertz CT molecular complexity index is 153. The molecule has 1 aromatic heterocycles. The van der Waals surface area contributed by atoms with E-state index in [0.29, 0.717) is 5.31 Å². The van der Waals surface area contributed by atoms with E-state index in [1.165, 1.54) is 17.8 Å². The fourth-order valence-corrected chi connectivity index (χ4v) is 0.612. The Morgan fingerprint density at radius 2 is 1.64 bits per heavy atom. The number of hydrogen-bond donors (Lipinski definition) is 0. The zero-order valence-corrected chi connectivity index (χ0v) is 11.1. The van der Waals surface area contributed by atoms with Crippen LogP contribution in [0.2, 0.25) is 12.1 Å². The van der Waals surface area contributed by atoms with Gasteiger partial charge < -0.3 is 0 Å². The molecule has 0 fully saturated rings. The zero-order valence-electron chi connectivity index (χ0n) is 10.2. The third-order valence-electron chi connectivity index (χ3n) is 1.98. The summed E-state index contributed by atoms with van der Waals surface area (Å²) >= 11 is 1.49. The van der Waals surface area contributed by atoms with Gasteiger partial charge in [0.15, 0.2) is 0 Å². The van der Waals surface area contributed by atoms with Gasteiger partial charge in [-0.25, -0.2) is 0 Å². The lowest BCUT2D eigenvalue weighted by molar-refractivity contribution is 0.645. The number of hydrogen-bond acceptors (Lipinski definition) is 3. The van der Waals surface area contributed by atoms with Crippen molar-refractivity contribution in [2.75, 3.05) is 0 Å². The van der Waals surface area contributed by atoms with Gasteiger partial charge in [0.25, 0.3) is 0 Å². The van der Waals surface area contributed by atoms with Gasteiger partial charge in [-0.1, -0.05) is 53.2 Å². The summed E-state index contributed by atoms with van der Waals surface area (Å²) in [6.07, 6.45) is 1.24. The van der Waals surface area contributed by atoms with Crippen LogP contribution in [0.15, 0.2) is 11.0 Å². The summed E-state index contributed by atoms with van der Waals surface area (Å²) in [6.45, 7) is 12.8. The molecule has 0 saturated heterocycles. The van der Waals surface area contributed by atoms with Gasteiger partial charge in [-0.3, -0.25) is 0 Å². The van der Waals surface area contributed by atoms with Crippen molar-refractivity contribution in [3.05, 3.63) is 11.0 Å². The predicted molar refractivity (Wildman–Crippen MR) is 67.2 cm³/mol. The van der Waals surface area contributed by atoms with Crippen LogP contribution in [-0.4, -0.2) is 17.5 Å². The minimum absolute atomic E-state index is 0.458. The van der Waals surface area contributed by atoms with Gasteiger partial charge in [0, 0.05) is 0 Å². The van der Waals surface area contributed by atoms with Crippen LogP contribution in [0.1, 0.15) is 41.0 Å². The highest BCUT2D eigenvalue weighted by molar-refractivity contribution is 7.07. The molecule has 1 aromatic rings. The first-order chi connectivity index (χ1) is 6.62. The first kappa shape index (κ1) is 16.1. The van der Waals surface area contributed by atoms with Crippen molar-refractivity contribution >= 4 is 18.6 Å². The molecule has 0 aliphatic heterocycles. The van der Waals surface area contributed by atoms with Crippen LogP contribution in [0.25, 0.3) is 0 Å². The van der Waals surface area contributed by atoms with E-state index in [4.69, 9.17) is 0 Å². The van der Waals surface area contributed by atoms with Gasteiger partial charge in [0.1, 0.15) is 18.3 Å². The third-order valence-corrected chi connectivity index (χ3v) is 2.41. The fourth-order valence-electron chi connectivity index (χ4n) is 0.340. The average Bonchev–Trinajstić information content (AvgIpc) is 2.79. The summed E-state index contributed by atoms with van der Waals surface area (Å²) in [5.41, 5.74) is 3.36. The lowest BCUT2D eigenvalue weighted by Crippen LogP contribution is -2.06. The van der Waals surface area contributed by atoms with Crippen molar-refractivity contribution in [3.8, 4) is 0 Å². The van der Waals surface area contributed by atoms with Crippen LogP contribution in [-0.2, 0) is 0 Å². The summed E-state index contributed by atoms with van der Waals surface area (Å²) in [7, 11) is 2.24. The topological polar surface area (TPSA) is 25.8 Å². The van der Waals surface area contributed by atoms with E-state index in [-0.39, 0.29) is 0 Å². The zero-order chi connectivity index (χ0) is 11.4. The smallest absolute Gasteiger partial charge is 0.113 e. The summed E-state index contributed by atoms with van der Waals surface area (Å²) in [4.78, 5) is 0. The van der Waals surface area contributed by atoms with Gasteiger partial charge in [-0.2, -0.15) is 0 Å². The Kier molecular flexibility index (Phi) is 12.3. The molecule has 0 spiro atoms. The van der Waals surface area contributed by atoms with E-state index in [2.05, 4.69) is 45.1 Å². The van der Waals surface area contributed by atoms with Crippen molar-refractivity contribution < 1.29 is 0 Å². The molecular formula is C10H22BN2S. The quantitative estimate of drug-likeness (QED) is 0.696. The Morgan fingerprint density at radius 1 is 1.21 bits per heavy atom. The molecule has 0 unspecified atom stereocenters. The molecule has 0 aliphatic rings. The number of rotatable bonds is 2. The second-order valence-electron chi connectivity index (χ2n) is 3.21. The molecule has 0 amide bonds. The molecule has 0 bridgehead atoms. The normalized spacial score (nSPS) is 9.00. The van der Waals surface area contributed by atoms with Crippen molar-refractivity contribution in [2.45, 2.75) is 53.2 Å². The largest absolute Gasteiger partial charge is 0.147 e. The minimum Gasteiger partial charge on any atom is -0.147 e. The second-order valence-corrected chi connectivity index (χ2v) is 3.90. The molecule has 0 atom stereocenters. The SMILES string of the molecule is CC.C[B]C(C)(C)CC.c1nncs1. The summed E-state index contributed by atoms with van der Waals surface area (Å²) < 4.78 is 0. The lowest BCUT2D eigenvalue weighted by atomic mass is 9.55. The summed E-state index contributed by atoms with van der Waals surface area (Å²) in [5, 5.41) is 7.44. The van der Waals surface area contributed by atoms with Crippen LogP contribution in [0, 0.1) is 0 Å². The Labute approximate surface area is 93.4 Å². The highest BCUT2D eigenvalue weighted by atomic mass is 32.1. The predicted octanol–water partition coefficient (Wildman–Crippen LogP) is 3.91. The molecule has 81 valence electrons. The van der Waals surface area contributed by atoms with Crippen molar-refractivity contribution in [1.29, 1.82) is 0 Å². The van der Waals surface area contributed by atoms with Crippen molar-refractivity contribution in [3.63, 3.8) is 0 Å². The van der Waals surface area contributed by atoms with Gasteiger partial charge in [0.05, 0.1) is 0 Å². The monoisotopic (exact) mass is 213 g/mol. The molecule has 4 heteroatoms. The highest BCUT2D eigenvalue weighted by Gasteiger charge is 2.10. The van der Waals surface area contributed by atoms with E-state index in [1.54, 1.807) is 11.0 Å². The first-order valence-electron chi connectivity index (χ1n) is 5.11. The van der Waals surface area contributed by atoms with E-state index in [9.17, 15) is 0 Å². The summed E-state index contributed by atoms with van der Waals surface area (Å²) in [5.74, 6) is 0. The van der Waals surface area contributed by atoms with Crippen LogP contribution >= 0.6 is 11.3 Å². The second kappa shape index (κ2) is 10.7. The molecule has 1 radical (unpaired) electrons. The summed E-state index contributed by atoms with van der Waals surface area (Å²) in [6, 6.07) is 0. The molecule has 0 aromatic carbocycles. The van der Waals surface area contributed by atoms with Gasteiger partial charge in [0.2, 0.25) is 0 Å². The molecule has 2 nitrogen and oxygen atoms in total. The lowest BCUT2D eigenvalue weighted by Gasteiger charge is -2.17. The number of aromatic nitrogens is 2. The minimum atomic E-state index is 0.458. The van der Waals surface area contributed by atoms with Crippen molar-refractivity contribution in [1.82, 2.24) is 10.2 Å². The highest BCUT2D eigenvalue weighted by Crippen LogP contribution is 2.25. The van der Waals surface area contributed by atoms with E-state index < -0.39 is 0 Å². The first-order valence-corrected chi connectivity index (χ1v) is 6.06. The van der Waals surface area contributed by atoms with Crippen LogP contribution in [0.5, 0.6) is 0 Å². The third kappa shape index (κ3) is 11.6. The molecular weight excluding hydrogens is 191 g/mol. The van der Waals surface area contributed by atoms with Crippen LogP contribution in [0.4, 0.5) is 0 Å². The maximum Gasteiger partial charge on any atom is 0.113 e. The van der Waals surface area contributed by atoms with Crippen molar-refractivity contribution in [2.24, 2.45) is 0 Å². The fraction of sp³-hybridized carbons (Fsp3) is 0.800. The van der Waals surface area contributed by atoms with Gasteiger partial charge in [-0.05, 0) is 0 Å². The maximum atomic E-state index is 3.49. The van der Waals surface area contributed by atoms with Crippen LogP contribution < -0.4 is 0 Å². The molecule has 14 heavy (non-hydrogen) atoms. The average molecular weight is 213 g/mol. The Hall–Kier alpha value is -0.375. The van der Waals surface area contributed by atoms with Gasteiger partial charge in [-0.15, -0.1) is 21.5 Å². The molecule has 1 heterocycles. The Balaban J connectivity index is 0. The standard InChI is InChI=1S/C6H14B.C2H2N2S.C2H6/c1-5-6(2,3)7-4;1-3-4-2-5-1;1-2/h5H2,1-4H3;1-2H;1-2H3. The van der Waals surface area contributed by atoms with E-state index in [0.717, 1.165) is 0 Å². The van der Waals surface area contributed by atoms with E-state index in [1.807, 2.05) is 13.8 Å². The molecule has 0 N–H and O–H groups in total. The van der Waals surface area contributed by atoms with Gasteiger partial charge >= 0.3 is 0 Å². The molecule has 1 rings (SSSR count). The van der Waals surface area contributed by atoms with E-state index >= 15 is 0 Å².